The predicted molar refractivity (Wildman–Crippen MR) is 196 cm³/mol. The summed E-state index contributed by atoms with van der Waals surface area (Å²) in [5, 5.41) is 0. The van der Waals surface area contributed by atoms with Crippen molar-refractivity contribution in [3.63, 3.8) is 0 Å². The lowest BCUT2D eigenvalue weighted by Gasteiger charge is -1.87. The summed E-state index contributed by atoms with van der Waals surface area (Å²) in [5.41, 5.74) is 2.87. The van der Waals surface area contributed by atoms with Crippen LogP contribution in [0.2, 0.25) is 0 Å². The van der Waals surface area contributed by atoms with Crippen molar-refractivity contribution >= 4 is 47.8 Å². The van der Waals surface area contributed by atoms with Crippen LogP contribution < -0.4 is 0 Å². The van der Waals surface area contributed by atoms with E-state index in [4.69, 9.17) is 0 Å². The van der Waals surface area contributed by atoms with E-state index in [0.29, 0.717) is 58.1 Å². The molecule has 8 rings (SSSR count). The SMILES string of the molecule is C.C.COCOC.COCOC.O=C1OC(=O)c2ccccc21.O=C1OC(=O)c2ccccc21.O=C1OC(=O)c2ccccc21.O=C1OC(=O)c2ccccc21. The predicted octanol–water partition coefficient (Wildman–Crippen LogP) is 5.73. The second-order valence-electron chi connectivity index (χ2n) is 10.3. The molecule has 56 heavy (non-hydrogen) atoms. The van der Waals surface area contributed by atoms with E-state index in [2.05, 4.69) is 37.9 Å². The Morgan fingerprint density at radius 2 is 0.429 bits per heavy atom. The molecule has 0 spiro atoms. The molecule has 0 unspecified atom stereocenters. The van der Waals surface area contributed by atoms with Crippen LogP contribution in [-0.2, 0) is 37.9 Å². The molecule has 4 aromatic rings. The minimum Gasteiger partial charge on any atom is -0.386 e. The van der Waals surface area contributed by atoms with Gasteiger partial charge < -0.3 is 37.9 Å². The topological polar surface area (TPSA) is 210 Å². The molecular formula is C40H40O16. The second kappa shape index (κ2) is 23.8. The molecule has 0 amide bonds. The molecule has 4 aliphatic rings. The van der Waals surface area contributed by atoms with Crippen LogP contribution in [0.25, 0.3) is 0 Å². The first-order valence-corrected chi connectivity index (χ1v) is 15.4. The molecule has 0 fully saturated rings. The molecule has 0 saturated heterocycles. The van der Waals surface area contributed by atoms with Gasteiger partial charge in [-0.05, 0) is 48.5 Å². The fourth-order valence-corrected chi connectivity index (χ4v) is 4.37. The summed E-state index contributed by atoms with van der Waals surface area (Å²) in [6, 6.07) is 26.1. The molecule has 4 heterocycles. The molecule has 0 atom stereocenters. The summed E-state index contributed by atoms with van der Waals surface area (Å²) >= 11 is 0. The maximum absolute atomic E-state index is 10.8. The summed E-state index contributed by atoms with van der Waals surface area (Å²) in [7, 11) is 6.35. The maximum Gasteiger partial charge on any atom is 0.346 e. The number of benzene rings is 4. The number of fused-ring (bicyclic) bond motifs is 4. The van der Waals surface area contributed by atoms with Crippen molar-refractivity contribution in [1.29, 1.82) is 0 Å². The lowest BCUT2D eigenvalue weighted by Crippen LogP contribution is -1.96. The summed E-state index contributed by atoms with van der Waals surface area (Å²) in [5.74, 6) is -4.40. The summed E-state index contributed by atoms with van der Waals surface area (Å²) in [6.45, 7) is 0.778. The fourth-order valence-electron chi connectivity index (χ4n) is 4.37. The smallest absolute Gasteiger partial charge is 0.346 e. The van der Waals surface area contributed by atoms with Crippen LogP contribution in [0.4, 0.5) is 0 Å². The minimum absolute atomic E-state index is 0. The molecule has 0 bridgehead atoms. The standard InChI is InChI=1S/4C8H4O3.2C3H8O2.2CH4/c4*9-7-5-3-1-2-4-6(5)8(10)11-7;2*1-4-3-5-2;;/h4*1-4H;2*3H2,1-2H3;2*1H4. The largest absolute Gasteiger partial charge is 0.386 e. The minimum atomic E-state index is -0.550. The van der Waals surface area contributed by atoms with Crippen LogP contribution in [0.3, 0.4) is 0 Å². The molecule has 0 N–H and O–H groups in total. The molecule has 0 aliphatic carbocycles. The Morgan fingerprint density at radius 3 is 0.518 bits per heavy atom. The normalized spacial score (nSPS) is 12.9. The molecule has 296 valence electrons. The van der Waals surface area contributed by atoms with Crippen LogP contribution in [0.15, 0.2) is 97.1 Å². The van der Waals surface area contributed by atoms with Gasteiger partial charge in [0.1, 0.15) is 13.6 Å². The first kappa shape index (κ1) is 47.3. The molecule has 0 saturated carbocycles. The van der Waals surface area contributed by atoms with E-state index in [1.54, 1.807) is 126 Å². The Hall–Kier alpha value is -6.72. The van der Waals surface area contributed by atoms with Gasteiger partial charge in [-0.3, -0.25) is 0 Å². The summed E-state index contributed by atoms with van der Waals surface area (Å²) < 4.78 is 35.3. The molecule has 4 aromatic carbocycles. The number of carbonyl (C=O) groups is 8. The van der Waals surface area contributed by atoms with Gasteiger partial charge in [-0.25, -0.2) is 38.4 Å². The third-order valence-corrected chi connectivity index (χ3v) is 6.68. The second-order valence-corrected chi connectivity index (χ2v) is 10.3. The van der Waals surface area contributed by atoms with Crippen molar-refractivity contribution < 1.29 is 76.3 Å². The van der Waals surface area contributed by atoms with Crippen LogP contribution in [0, 0.1) is 0 Å². The Morgan fingerprint density at radius 1 is 0.304 bits per heavy atom. The van der Waals surface area contributed by atoms with Gasteiger partial charge in [0, 0.05) is 28.4 Å². The number of esters is 8. The average Bonchev–Trinajstić information content (AvgIpc) is 3.86. The highest BCUT2D eigenvalue weighted by Crippen LogP contribution is 2.21. The van der Waals surface area contributed by atoms with Gasteiger partial charge in [0.15, 0.2) is 0 Å². The van der Waals surface area contributed by atoms with Crippen molar-refractivity contribution in [2.45, 2.75) is 14.9 Å². The zero-order valence-electron chi connectivity index (χ0n) is 29.2. The molecule has 16 nitrogen and oxygen atoms in total. The quantitative estimate of drug-likeness (QED) is 0.105. The van der Waals surface area contributed by atoms with E-state index in [1.165, 1.54) is 0 Å². The van der Waals surface area contributed by atoms with Gasteiger partial charge in [0.2, 0.25) is 0 Å². The van der Waals surface area contributed by atoms with Gasteiger partial charge in [0.25, 0.3) is 0 Å². The number of carbonyl (C=O) groups excluding carboxylic acids is 8. The Kier molecular flexibility index (Phi) is 20.1. The Balaban J connectivity index is 0.000000343. The van der Waals surface area contributed by atoms with E-state index < -0.39 is 47.8 Å². The highest BCUT2D eigenvalue weighted by molar-refractivity contribution is 6.16. The molecular weight excluding hydrogens is 736 g/mol. The number of ether oxygens (including phenoxy) is 8. The Labute approximate surface area is 322 Å². The number of cyclic esters (lactones) is 8. The number of hydrogen-bond acceptors (Lipinski definition) is 16. The highest BCUT2D eigenvalue weighted by Gasteiger charge is 2.30. The third-order valence-electron chi connectivity index (χ3n) is 6.68. The zero-order valence-corrected chi connectivity index (χ0v) is 29.2. The van der Waals surface area contributed by atoms with E-state index >= 15 is 0 Å². The van der Waals surface area contributed by atoms with Crippen molar-refractivity contribution in [3.8, 4) is 0 Å². The maximum atomic E-state index is 10.8. The van der Waals surface area contributed by atoms with Gasteiger partial charge in [-0.15, -0.1) is 0 Å². The summed E-state index contributed by atoms with van der Waals surface area (Å²) in [4.78, 5) is 86.7. The monoisotopic (exact) mass is 776 g/mol. The van der Waals surface area contributed by atoms with E-state index in [1.807, 2.05) is 0 Å². The van der Waals surface area contributed by atoms with Crippen molar-refractivity contribution in [3.05, 3.63) is 142 Å². The zero-order chi connectivity index (χ0) is 39.6. The van der Waals surface area contributed by atoms with Gasteiger partial charge in [-0.1, -0.05) is 63.4 Å². The van der Waals surface area contributed by atoms with E-state index in [9.17, 15) is 38.4 Å². The average molecular weight is 777 g/mol. The third kappa shape index (κ3) is 12.7. The van der Waals surface area contributed by atoms with Gasteiger partial charge in [-0.2, -0.15) is 0 Å². The lowest BCUT2D eigenvalue weighted by atomic mass is 10.1. The molecule has 16 heteroatoms. The molecule has 0 aromatic heterocycles. The van der Waals surface area contributed by atoms with Crippen molar-refractivity contribution in [1.82, 2.24) is 0 Å². The van der Waals surface area contributed by atoms with E-state index in [0.717, 1.165) is 0 Å². The van der Waals surface area contributed by atoms with Crippen LogP contribution in [-0.4, -0.2) is 89.8 Å². The van der Waals surface area contributed by atoms with Crippen LogP contribution in [0.5, 0.6) is 0 Å². The lowest BCUT2D eigenvalue weighted by molar-refractivity contribution is -0.00282. The highest BCUT2D eigenvalue weighted by atomic mass is 16.7. The molecule has 0 radical (unpaired) electrons. The summed E-state index contributed by atoms with van der Waals surface area (Å²) in [6.07, 6.45) is 0. The number of methoxy groups -OCH3 is 4. The first-order chi connectivity index (χ1) is 26.0. The van der Waals surface area contributed by atoms with Crippen molar-refractivity contribution in [2.24, 2.45) is 0 Å². The number of rotatable bonds is 4. The van der Waals surface area contributed by atoms with E-state index in [-0.39, 0.29) is 14.9 Å². The van der Waals surface area contributed by atoms with Crippen LogP contribution >= 0.6 is 0 Å². The number of hydrogen-bond donors (Lipinski definition) is 0. The van der Waals surface area contributed by atoms with Crippen molar-refractivity contribution in [2.75, 3.05) is 42.0 Å². The fraction of sp³-hybridized carbons (Fsp3) is 0.200. The van der Waals surface area contributed by atoms with Crippen LogP contribution in [0.1, 0.15) is 97.7 Å². The first-order valence-electron chi connectivity index (χ1n) is 15.4. The van der Waals surface area contributed by atoms with Gasteiger partial charge >= 0.3 is 47.8 Å². The molecule has 4 aliphatic heterocycles. The Bertz CT molecular complexity index is 1610. The van der Waals surface area contributed by atoms with Gasteiger partial charge in [0.05, 0.1) is 44.5 Å².